The molecule has 2 aromatic rings. The van der Waals surface area contributed by atoms with E-state index in [9.17, 15) is 9.90 Å². The Morgan fingerprint density at radius 3 is 2.39 bits per heavy atom. The number of halogens is 2. The minimum atomic E-state index is -0.917. The molecule has 0 radical (unpaired) electrons. The van der Waals surface area contributed by atoms with E-state index in [4.69, 9.17) is 33.0 Å². The molecule has 0 aliphatic heterocycles. The molecule has 0 heterocycles. The molecule has 4 nitrogen and oxygen atoms in total. The van der Waals surface area contributed by atoms with Gasteiger partial charge >= 0.3 is 5.97 Å². The number of aromatic carboxylic acids is 1. The Morgan fingerprint density at radius 1 is 1.09 bits per heavy atom. The number of phenols is 1. The lowest BCUT2D eigenvalue weighted by molar-refractivity contribution is 0.0695. The van der Waals surface area contributed by atoms with Crippen molar-refractivity contribution in [1.82, 2.24) is 0 Å². The van der Waals surface area contributed by atoms with Gasteiger partial charge in [0.1, 0.15) is 5.75 Å². The number of carboxylic acid groups (broad SMARTS) is 1. The molecule has 2 aromatic carbocycles. The Labute approximate surface area is 144 Å². The molecule has 0 amide bonds. The summed E-state index contributed by atoms with van der Waals surface area (Å²) >= 11 is 11.9. The normalized spacial score (nSPS) is 10.5. The highest BCUT2D eigenvalue weighted by Gasteiger charge is 2.10. The molecule has 122 valence electrons. The van der Waals surface area contributed by atoms with Gasteiger partial charge in [0, 0.05) is 12.1 Å². The van der Waals surface area contributed by atoms with E-state index in [1.807, 2.05) is 12.1 Å². The fraction of sp³-hybridized carbons (Fsp3) is 0.235. The number of aryl methyl sites for hydroxylation is 1. The van der Waals surface area contributed by atoms with Crippen LogP contribution in [-0.2, 0) is 6.42 Å². The van der Waals surface area contributed by atoms with E-state index in [1.165, 1.54) is 12.1 Å². The quantitative estimate of drug-likeness (QED) is 0.700. The van der Waals surface area contributed by atoms with E-state index < -0.39 is 5.97 Å². The summed E-state index contributed by atoms with van der Waals surface area (Å²) in [4.78, 5) is 11.1. The molecule has 0 bridgehead atoms. The fourth-order valence-electron chi connectivity index (χ4n) is 2.22. The molecule has 0 atom stereocenters. The van der Waals surface area contributed by atoms with Crippen molar-refractivity contribution in [2.24, 2.45) is 0 Å². The van der Waals surface area contributed by atoms with Crippen LogP contribution in [0.4, 0.5) is 0 Å². The molecule has 0 aromatic heterocycles. The molecular weight excluding hydrogens is 339 g/mol. The van der Waals surface area contributed by atoms with Crippen molar-refractivity contribution < 1.29 is 19.7 Å². The molecule has 0 fully saturated rings. The second-order valence-electron chi connectivity index (χ2n) is 5.01. The van der Waals surface area contributed by atoms with Gasteiger partial charge in [0.2, 0.25) is 0 Å². The number of hydrogen-bond donors (Lipinski definition) is 2. The van der Waals surface area contributed by atoms with Crippen LogP contribution in [0.3, 0.4) is 0 Å². The van der Waals surface area contributed by atoms with Gasteiger partial charge in [-0.15, -0.1) is 0 Å². The number of aromatic hydroxyl groups is 1. The van der Waals surface area contributed by atoms with Crippen LogP contribution in [0, 0.1) is 0 Å². The third kappa shape index (κ3) is 4.78. The topological polar surface area (TPSA) is 66.8 Å². The first-order valence-corrected chi connectivity index (χ1v) is 7.86. The average molecular weight is 355 g/mol. The van der Waals surface area contributed by atoms with Crippen LogP contribution in [0.1, 0.15) is 28.8 Å². The van der Waals surface area contributed by atoms with Crippen molar-refractivity contribution in [2.75, 3.05) is 6.61 Å². The van der Waals surface area contributed by atoms with E-state index in [0.717, 1.165) is 18.4 Å². The van der Waals surface area contributed by atoms with Gasteiger partial charge in [0.25, 0.3) is 0 Å². The maximum absolute atomic E-state index is 11.1. The summed E-state index contributed by atoms with van der Waals surface area (Å²) in [5.74, 6) is -0.589. The maximum atomic E-state index is 11.1. The van der Waals surface area contributed by atoms with Gasteiger partial charge in [-0.2, -0.15) is 0 Å². The van der Waals surface area contributed by atoms with Crippen molar-refractivity contribution in [2.45, 2.75) is 19.3 Å². The molecule has 0 saturated carbocycles. The molecule has 0 aliphatic carbocycles. The number of hydrogen-bond acceptors (Lipinski definition) is 3. The van der Waals surface area contributed by atoms with Gasteiger partial charge in [-0.3, -0.25) is 0 Å². The van der Waals surface area contributed by atoms with Crippen molar-refractivity contribution in [3.8, 4) is 11.5 Å². The Balaban J connectivity index is 1.84. The number of ether oxygens (including phenoxy) is 1. The SMILES string of the molecule is O=C(O)c1ccccc1CCCCOc1c(Cl)cc(O)cc1Cl. The first-order valence-electron chi connectivity index (χ1n) is 7.11. The first kappa shape index (κ1) is 17.4. The second kappa shape index (κ2) is 8.09. The number of carboxylic acids is 1. The molecule has 0 aliphatic rings. The van der Waals surface area contributed by atoms with Gasteiger partial charge in [0.05, 0.1) is 22.2 Å². The maximum Gasteiger partial charge on any atom is 0.335 e. The van der Waals surface area contributed by atoms with Crippen LogP contribution in [-0.4, -0.2) is 22.8 Å². The highest BCUT2D eigenvalue weighted by Crippen LogP contribution is 2.36. The van der Waals surface area contributed by atoms with E-state index in [0.29, 0.717) is 24.3 Å². The highest BCUT2D eigenvalue weighted by atomic mass is 35.5. The van der Waals surface area contributed by atoms with Gasteiger partial charge in [0.15, 0.2) is 5.75 Å². The van der Waals surface area contributed by atoms with Crippen LogP contribution in [0.15, 0.2) is 36.4 Å². The number of carbonyl (C=O) groups is 1. The average Bonchev–Trinajstić information content (AvgIpc) is 2.49. The number of rotatable bonds is 7. The van der Waals surface area contributed by atoms with E-state index in [-0.39, 0.29) is 15.8 Å². The van der Waals surface area contributed by atoms with Gasteiger partial charge in [-0.25, -0.2) is 4.79 Å². The van der Waals surface area contributed by atoms with Crippen LogP contribution >= 0.6 is 23.2 Å². The molecular formula is C17H16Cl2O4. The van der Waals surface area contributed by atoms with E-state index >= 15 is 0 Å². The lowest BCUT2D eigenvalue weighted by Gasteiger charge is -2.10. The third-order valence-corrected chi connectivity index (χ3v) is 3.88. The lowest BCUT2D eigenvalue weighted by Crippen LogP contribution is -2.04. The van der Waals surface area contributed by atoms with Gasteiger partial charge in [-0.05, 0) is 30.9 Å². The van der Waals surface area contributed by atoms with Crippen LogP contribution in [0.2, 0.25) is 10.0 Å². The zero-order chi connectivity index (χ0) is 16.8. The molecule has 0 spiro atoms. The van der Waals surface area contributed by atoms with Crippen molar-refractivity contribution >= 4 is 29.2 Å². The molecule has 6 heteroatoms. The molecule has 0 unspecified atom stereocenters. The Morgan fingerprint density at radius 2 is 1.74 bits per heavy atom. The Bertz CT molecular complexity index is 678. The summed E-state index contributed by atoms with van der Waals surface area (Å²) in [6.45, 7) is 0.402. The second-order valence-corrected chi connectivity index (χ2v) is 5.82. The summed E-state index contributed by atoms with van der Waals surface area (Å²) in [5, 5.41) is 19.0. The van der Waals surface area contributed by atoms with E-state index in [2.05, 4.69) is 0 Å². The number of benzene rings is 2. The molecule has 2 rings (SSSR count). The van der Waals surface area contributed by atoms with Crippen LogP contribution in [0.25, 0.3) is 0 Å². The monoisotopic (exact) mass is 354 g/mol. The molecule has 23 heavy (non-hydrogen) atoms. The smallest absolute Gasteiger partial charge is 0.335 e. The van der Waals surface area contributed by atoms with Crippen molar-refractivity contribution in [3.63, 3.8) is 0 Å². The van der Waals surface area contributed by atoms with Crippen LogP contribution < -0.4 is 4.74 Å². The summed E-state index contributed by atoms with van der Waals surface area (Å²) in [7, 11) is 0. The van der Waals surface area contributed by atoms with Crippen LogP contribution in [0.5, 0.6) is 11.5 Å². The summed E-state index contributed by atoms with van der Waals surface area (Å²) < 4.78 is 5.55. The zero-order valence-corrected chi connectivity index (χ0v) is 13.8. The predicted octanol–water partition coefficient (Wildman–Crippen LogP) is 4.80. The summed E-state index contributed by atoms with van der Waals surface area (Å²) in [5.41, 5.74) is 1.14. The van der Waals surface area contributed by atoms with Crippen molar-refractivity contribution in [3.05, 3.63) is 57.6 Å². The molecule has 0 saturated heterocycles. The lowest BCUT2D eigenvalue weighted by atomic mass is 10.0. The Hall–Kier alpha value is -1.91. The first-order chi connectivity index (χ1) is 11.0. The summed E-state index contributed by atoms with van der Waals surface area (Å²) in [6, 6.07) is 9.69. The van der Waals surface area contributed by atoms with E-state index in [1.54, 1.807) is 12.1 Å². The minimum absolute atomic E-state index is 0.0161. The number of phenolic OH excluding ortho intramolecular Hbond substituents is 1. The third-order valence-electron chi connectivity index (χ3n) is 3.32. The predicted molar refractivity (Wildman–Crippen MR) is 90.0 cm³/mol. The number of unbranched alkanes of at least 4 members (excludes halogenated alkanes) is 1. The standard InChI is InChI=1S/C17H16Cl2O4/c18-14-9-12(20)10-15(19)16(14)23-8-4-3-6-11-5-1-2-7-13(11)17(21)22/h1-2,5,7,9-10,20H,3-4,6,8H2,(H,21,22). The highest BCUT2D eigenvalue weighted by molar-refractivity contribution is 6.37. The summed E-state index contributed by atoms with van der Waals surface area (Å²) in [6.07, 6.45) is 2.15. The zero-order valence-electron chi connectivity index (χ0n) is 12.3. The minimum Gasteiger partial charge on any atom is -0.508 e. The van der Waals surface area contributed by atoms with Crippen molar-refractivity contribution in [1.29, 1.82) is 0 Å². The van der Waals surface area contributed by atoms with Gasteiger partial charge < -0.3 is 14.9 Å². The fourth-order valence-corrected chi connectivity index (χ4v) is 2.81. The Kier molecular flexibility index (Phi) is 6.13. The van der Waals surface area contributed by atoms with Gasteiger partial charge in [-0.1, -0.05) is 41.4 Å². The molecule has 2 N–H and O–H groups in total. The largest absolute Gasteiger partial charge is 0.508 e.